The van der Waals surface area contributed by atoms with Gasteiger partial charge in [-0.25, -0.2) is 4.68 Å². The van der Waals surface area contributed by atoms with Crippen LogP contribution in [0, 0.1) is 6.92 Å². The third-order valence-corrected chi connectivity index (χ3v) is 6.92. The van der Waals surface area contributed by atoms with Crippen LogP contribution in [-0.2, 0) is 6.42 Å². The number of carbonyl (C=O) groups excluding carboxylic acids is 1. The minimum Gasteiger partial charge on any atom is -0.337 e. The second-order valence-corrected chi connectivity index (χ2v) is 9.22. The molecule has 2 aromatic carbocycles. The molecule has 1 aromatic heterocycles. The minimum absolute atomic E-state index is 0.00888. The minimum atomic E-state index is -0.00888. The molecule has 154 valence electrons. The van der Waals surface area contributed by atoms with E-state index in [1.54, 1.807) is 16.8 Å². The molecule has 1 saturated heterocycles. The van der Waals surface area contributed by atoms with E-state index in [0.29, 0.717) is 27.8 Å². The topological polar surface area (TPSA) is 38.1 Å². The highest BCUT2D eigenvalue weighted by molar-refractivity contribution is 6.35. The van der Waals surface area contributed by atoms with Crippen molar-refractivity contribution < 1.29 is 4.79 Å². The maximum absolute atomic E-state index is 13.4. The lowest BCUT2D eigenvalue weighted by atomic mass is 10.1. The number of benzene rings is 2. The summed E-state index contributed by atoms with van der Waals surface area (Å²) in [5.74, 6) is -0.00888. The monoisotopic (exact) mass is 459 g/mol. The number of hydrogen-bond donors (Lipinski definition) is 0. The number of likely N-dealkylation sites (tertiary alicyclic amines) is 1. The van der Waals surface area contributed by atoms with Gasteiger partial charge in [-0.05, 0) is 67.6 Å². The van der Waals surface area contributed by atoms with Crippen molar-refractivity contribution in [3.63, 3.8) is 0 Å². The van der Waals surface area contributed by atoms with E-state index in [1.807, 2.05) is 24.0 Å². The summed E-state index contributed by atoms with van der Waals surface area (Å²) in [7, 11) is 0. The second kappa shape index (κ2) is 7.60. The highest BCUT2D eigenvalue weighted by Gasteiger charge is 2.34. The lowest BCUT2D eigenvalue weighted by Crippen LogP contribution is -2.36. The van der Waals surface area contributed by atoms with Crippen LogP contribution in [0.1, 0.15) is 46.4 Å². The summed E-state index contributed by atoms with van der Waals surface area (Å²) in [5, 5.41) is 6.56. The zero-order chi connectivity index (χ0) is 21.0. The van der Waals surface area contributed by atoms with Gasteiger partial charge in [0.2, 0.25) is 0 Å². The Balaban J connectivity index is 1.71. The van der Waals surface area contributed by atoms with E-state index in [9.17, 15) is 4.79 Å². The maximum Gasteiger partial charge on any atom is 0.274 e. The number of amides is 1. The number of nitrogens with zero attached hydrogens (tertiary/aromatic N) is 3. The number of hydrogen-bond acceptors (Lipinski definition) is 2. The predicted molar refractivity (Wildman–Crippen MR) is 121 cm³/mol. The lowest BCUT2D eigenvalue weighted by Gasteiger charge is -2.26. The number of carbonyl (C=O) groups is 1. The zero-order valence-electron chi connectivity index (χ0n) is 16.5. The molecule has 7 heteroatoms. The molecule has 30 heavy (non-hydrogen) atoms. The molecule has 1 fully saturated rings. The first-order valence-corrected chi connectivity index (χ1v) is 11.2. The third-order valence-electron chi connectivity index (χ3n) is 5.97. The molecule has 1 amide bonds. The van der Waals surface area contributed by atoms with Crippen molar-refractivity contribution >= 4 is 40.7 Å². The number of halogens is 3. The van der Waals surface area contributed by atoms with Gasteiger partial charge in [0.05, 0.1) is 16.4 Å². The fourth-order valence-electron chi connectivity index (χ4n) is 4.42. The molecule has 0 atom stereocenters. The average molecular weight is 461 g/mol. The van der Waals surface area contributed by atoms with Gasteiger partial charge in [0.1, 0.15) is 0 Å². The smallest absolute Gasteiger partial charge is 0.274 e. The van der Waals surface area contributed by atoms with Crippen LogP contribution in [0.15, 0.2) is 30.3 Å². The van der Waals surface area contributed by atoms with Crippen LogP contribution in [0.4, 0.5) is 0 Å². The van der Waals surface area contributed by atoms with Crippen LogP contribution in [-0.4, -0.2) is 33.7 Å². The predicted octanol–water partition coefficient (Wildman–Crippen LogP) is 6.34. The summed E-state index contributed by atoms with van der Waals surface area (Å²) in [6.45, 7) is 3.54. The van der Waals surface area contributed by atoms with Gasteiger partial charge in [-0.3, -0.25) is 4.79 Å². The van der Waals surface area contributed by atoms with Gasteiger partial charge in [0.25, 0.3) is 5.91 Å². The first-order chi connectivity index (χ1) is 14.4. The van der Waals surface area contributed by atoms with E-state index in [-0.39, 0.29) is 5.91 Å². The van der Waals surface area contributed by atoms with Crippen LogP contribution in [0.25, 0.3) is 16.9 Å². The van der Waals surface area contributed by atoms with E-state index in [0.717, 1.165) is 58.9 Å². The van der Waals surface area contributed by atoms with Gasteiger partial charge in [-0.1, -0.05) is 34.8 Å². The number of aryl methyl sites for hydroxylation is 1. The van der Waals surface area contributed by atoms with Gasteiger partial charge < -0.3 is 4.90 Å². The first-order valence-electron chi connectivity index (χ1n) is 10.1. The van der Waals surface area contributed by atoms with Crippen molar-refractivity contribution in [2.45, 2.75) is 32.6 Å². The summed E-state index contributed by atoms with van der Waals surface area (Å²) >= 11 is 19.0. The molecule has 2 heterocycles. The summed E-state index contributed by atoms with van der Waals surface area (Å²) < 4.78 is 1.80. The Kier molecular flexibility index (Phi) is 5.04. The molecule has 4 nitrogen and oxygen atoms in total. The Bertz CT molecular complexity index is 1180. The molecular weight excluding hydrogens is 441 g/mol. The average Bonchev–Trinajstić information content (AvgIpc) is 3.26. The highest BCUT2D eigenvalue weighted by atomic mass is 35.5. The molecule has 5 rings (SSSR count). The van der Waals surface area contributed by atoms with Crippen molar-refractivity contribution in [1.82, 2.24) is 14.7 Å². The summed E-state index contributed by atoms with van der Waals surface area (Å²) in [6, 6.07) is 9.39. The Morgan fingerprint density at radius 2 is 1.77 bits per heavy atom. The Morgan fingerprint density at radius 3 is 2.50 bits per heavy atom. The molecule has 0 radical (unpaired) electrons. The lowest BCUT2D eigenvalue weighted by molar-refractivity contribution is 0.0717. The van der Waals surface area contributed by atoms with Crippen molar-refractivity contribution in [2.75, 3.05) is 13.1 Å². The van der Waals surface area contributed by atoms with E-state index in [1.165, 1.54) is 6.42 Å². The molecule has 0 unspecified atom stereocenters. The van der Waals surface area contributed by atoms with Crippen LogP contribution >= 0.6 is 34.8 Å². The SMILES string of the molecule is Cc1cc2c(cc1Cl)Cc1c(C(=O)N3CCCCC3)nn(-c3ccc(Cl)cc3Cl)c1-2. The fraction of sp³-hybridized carbons (Fsp3) is 0.304. The van der Waals surface area contributed by atoms with Gasteiger partial charge >= 0.3 is 0 Å². The summed E-state index contributed by atoms with van der Waals surface area (Å²) in [6.07, 6.45) is 3.87. The Morgan fingerprint density at radius 1 is 1.00 bits per heavy atom. The van der Waals surface area contributed by atoms with Crippen LogP contribution < -0.4 is 0 Å². The van der Waals surface area contributed by atoms with Crippen LogP contribution in [0.5, 0.6) is 0 Å². The van der Waals surface area contributed by atoms with Crippen molar-refractivity contribution in [1.29, 1.82) is 0 Å². The molecule has 1 aliphatic carbocycles. The maximum atomic E-state index is 13.4. The number of rotatable bonds is 2. The Hall–Kier alpha value is -2.01. The fourth-order valence-corrected chi connectivity index (χ4v) is 5.10. The van der Waals surface area contributed by atoms with Crippen molar-refractivity contribution in [3.05, 3.63) is 67.8 Å². The molecule has 0 spiro atoms. The molecule has 0 N–H and O–H groups in total. The van der Waals surface area contributed by atoms with Gasteiger partial charge in [0.15, 0.2) is 5.69 Å². The molecule has 3 aromatic rings. The van der Waals surface area contributed by atoms with E-state index in [2.05, 4.69) is 6.07 Å². The molecule has 1 aliphatic heterocycles. The third kappa shape index (κ3) is 3.22. The van der Waals surface area contributed by atoms with Gasteiger partial charge in [-0.15, -0.1) is 0 Å². The molecule has 0 bridgehead atoms. The van der Waals surface area contributed by atoms with E-state index < -0.39 is 0 Å². The molecule has 0 saturated carbocycles. The first kappa shape index (κ1) is 19.9. The van der Waals surface area contributed by atoms with E-state index in [4.69, 9.17) is 39.9 Å². The second-order valence-electron chi connectivity index (χ2n) is 7.97. The molecular formula is C23H20Cl3N3O. The Labute approximate surface area is 190 Å². The number of piperidine rings is 1. The summed E-state index contributed by atoms with van der Waals surface area (Å²) in [4.78, 5) is 15.3. The van der Waals surface area contributed by atoms with Gasteiger partial charge in [-0.2, -0.15) is 5.10 Å². The van der Waals surface area contributed by atoms with Crippen LogP contribution in [0.3, 0.4) is 0 Å². The summed E-state index contributed by atoms with van der Waals surface area (Å²) in [5.41, 5.74) is 6.19. The zero-order valence-corrected chi connectivity index (χ0v) is 18.8. The van der Waals surface area contributed by atoms with Crippen LogP contribution in [0.2, 0.25) is 15.1 Å². The molecule has 2 aliphatic rings. The highest BCUT2D eigenvalue weighted by Crippen LogP contribution is 2.43. The number of aromatic nitrogens is 2. The standard InChI is InChI=1S/C23H20Cl3N3O/c1-13-9-16-14(11-18(13)25)10-17-21(23(30)28-7-3-2-4-8-28)27-29(22(16)17)20-6-5-15(24)12-19(20)26/h5-6,9,11-12H,2-4,7-8,10H2,1H3. The number of fused-ring (bicyclic) bond motifs is 3. The van der Waals surface area contributed by atoms with Crippen molar-refractivity contribution in [3.8, 4) is 16.9 Å². The van der Waals surface area contributed by atoms with E-state index >= 15 is 0 Å². The van der Waals surface area contributed by atoms with Crippen molar-refractivity contribution in [2.24, 2.45) is 0 Å². The van der Waals surface area contributed by atoms with Gasteiger partial charge in [0, 0.05) is 40.7 Å². The quantitative estimate of drug-likeness (QED) is 0.350. The normalized spacial score (nSPS) is 15.3. The largest absolute Gasteiger partial charge is 0.337 e.